The normalized spacial score (nSPS) is 16.8. The van der Waals surface area contributed by atoms with Crippen LogP contribution in [0.2, 0.25) is 0 Å². The molecule has 4 aromatic rings. The Hall–Kier alpha value is -3.45. The Bertz CT molecular complexity index is 1110. The van der Waals surface area contributed by atoms with Crippen molar-refractivity contribution in [3.05, 3.63) is 60.9 Å². The summed E-state index contributed by atoms with van der Waals surface area (Å²) in [6.07, 6.45) is 6.81. The van der Waals surface area contributed by atoms with Crippen molar-refractivity contribution >= 4 is 5.69 Å². The van der Waals surface area contributed by atoms with Crippen LogP contribution in [0.1, 0.15) is 25.5 Å². The molecule has 7 nitrogen and oxygen atoms in total. The molecular formula is C22H22N6O. The minimum Gasteiger partial charge on any atom is -0.399 e. The first kappa shape index (κ1) is 17.6. The summed E-state index contributed by atoms with van der Waals surface area (Å²) < 4.78 is 7.84. The SMILES string of the molecule is Nc1ccc(-c2cnc(-c3cccc(-c4ccnn4C4CCCCO4)n3)[nH]2)cc1. The van der Waals surface area contributed by atoms with Crippen LogP contribution in [0, 0.1) is 0 Å². The first-order chi connectivity index (χ1) is 14.3. The molecule has 1 fully saturated rings. The van der Waals surface area contributed by atoms with E-state index < -0.39 is 0 Å². The second-order valence-corrected chi connectivity index (χ2v) is 7.16. The van der Waals surface area contributed by atoms with Crippen LogP contribution in [0.5, 0.6) is 0 Å². The monoisotopic (exact) mass is 386 g/mol. The van der Waals surface area contributed by atoms with Gasteiger partial charge in [0.1, 0.15) is 5.69 Å². The van der Waals surface area contributed by atoms with Crippen LogP contribution >= 0.6 is 0 Å². The average molecular weight is 386 g/mol. The summed E-state index contributed by atoms with van der Waals surface area (Å²) in [6.45, 7) is 0.776. The minimum absolute atomic E-state index is 0.0278. The second-order valence-electron chi connectivity index (χ2n) is 7.16. The van der Waals surface area contributed by atoms with Crippen LogP contribution in [0.25, 0.3) is 34.2 Å². The Morgan fingerprint density at radius 3 is 2.72 bits per heavy atom. The van der Waals surface area contributed by atoms with Crippen molar-refractivity contribution in [3.63, 3.8) is 0 Å². The Labute approximate surface area is 168 Å². The number of ether oxygens (including phenoxy) is 1. The molecule has 0 aliphatic carbocycles. The van der Waals surface area contributed by atoms with Gasteiger partial charge in [0.05, 0.1) is 23.3 Å². The summed E-state index contributed by atoms with van der Waals surface area (Å²) in [5.74, 6) is 0.721. The van der Waals surface area contributed by atoms with E-state index in [0.717, 1.165) is 65.7 Å². The lowest BCUT2D eigenvalue weighted by atomic mass is 10.1. The zero-order valence-electron chi connectivity index (χ0n) is 16.0. The highest BCUT2D eigenvalue weighted by atomic mass is 16.5. The zero-order valence-corrected chi connectivity index (χ0v) is 16.0. The highest BCUT2D eigenvalue weighted by Gasteiger charge is 2.20. The van der Waals surface area contributed by atoms with E-state index in [1.54, 1.807) is 6.20 Å². The predicted molar refractivity (Wildman–Crippen MR) is 112 cm³/mol. The summed E-state index contributed by atoms with van der Waals surface area (Å²) in [6, 6.07) is 15.6. The van der Waals surface area contributed by atoms with Gasteiger partial charge in [0.15, 0.2) is 12.1 Å². The highest BCUT2D eigenvalue weighted by molar-refractivity contribution is 5.66. The fourth-order valence-corrected chi connectivity index (χ4v) is 3.63. The number of benzene rings is 1. The van der Waals surface area contributed by atoms with Crippen LogP contribution in [0.3, 0.4) is 0 Å². The lowest BCUT2D eigenvalue weighted by Crippen LogP contribution is -2.20. The minimum atomic E-state index is -0.0278. The molecule has 0 bridgehead atoms. The van der Waals surface area contributed by atoms with E-state index in [1.165, 1.54) is 0 Å². The van der Waals surface area contributed by atoms with Gasteiger partial charge in [0.2, 0.25) is 0 Å². The van der Waals surface area contributed by atoms with Gasteiger partial charge in [-0.05, 0) is 55.2 Å². The van der Waals surface area contributed by atoms with Gasteiger partial charge in [-0.1, -0.05) is 18.2 Å². The maximum Gasteiger partial charge on any atom is 0.156 e. The molecule has 7 heteroatoms. The Balaban J connectivity index is 1.45. The maximum atomic E-state index is 5.91. The average Bonchev–Trinajstić information content (AvgIpc) is 3.45. The van der Waals surface area contributed by atoms with Gasteiger partial charge < -0.3 is 15.5 Å². The van der Waals surface area contributed by atoms with Crippen LogP contribution in [0.15, 0.2) is 60.9 Å². The van der Waals surface area contributed by atoms with E-state index in [1.807, 2.05) is 59.4 Å². The van der Waals surface area contributed by atoms with E-state index in [4.69, 9.17) is 15.5 Å². The number of H-pyrrole nitrogens is 1. The van der Waals surface area contributed by atoms with Crippen molar-refractivity contribution in [1.29, 1.82) is 0 Å². The molecule has 0 radical (unpaired) electrons. The number of aromatic amines is 1. The van der Waals surface area contributed by atoms with Gasteiger partial charge in [-0.2, -0.15) is 5.10 Å². The third-order valence-electron chi connectivity index (χ3n) is 5.15. The summed E-state index contributed by atoms with van der Waals surface area (Å²) in [7, 11) is 0. The lowest BCUT2D eigenvalue weighted by molar-refractivity contribution is -0.0384. The van der Waals surface area contributed by atoms with E-state index in [0.29, 0.717) is 0 Å². The molecule has 1 saturated heterocycles. The smallest absolute Gasteiger partial charge is 0.156 e. The molecule has 1 aliphatic heterocycles. The summed E-state index contributed by atoms with van der Waals surface area (Å²) in [4.78, 5) is 12.7. The number of nitrogens with two attached hydrogens (primary N) is 1. The van der Waals surface area contributed by atoms with Crippen molar-refractivity contribution in [1.82, 2.24) is 24.7 Å². The summed E-state index contributed by atoms with van der Waals surface area (Å²) in [5, 5.41) is 4.49. The third-order valence-corrected chi connectivity index (χ3v) is 5.15. The molecule has 0 saturated carbocycles. The van der Waals surface area contributed by atoms with E-state index in [-0.39, 0.29) is 6.23 Å². The molecule has 3 N–H and O–H groups in total. The fourth-order valence-electron chi connectivity index (χ4n) is 3.63. The van der Waals surface area contributed by atoms with Crippen molar-refractivity contribution in [2.75, 3.05) is 12.3 Å². The molecule has 1 aromatic carbocycles. The Kier molecular flexibility index (Phi) is 4.57. The molecule has 146 valence electrons. The predicted octanol–water partition coefficient (Wildman–Crippen LogP) is 4.28. The van der Waals surface area contributed by atoms with Gasteiger partial charge >= 0.3 is 0 Å². The van der Waals surface area contributed by atoms with Gasteiger partial charge in [-0.15, -0.1) is 0 Å². The number of pyridine rings is 1. The van der Waals surface area contributed by atoms with Gasteiger partial charge in [-0.25, -0.2) is 14.6 Å². The molecule has 0 amide bonds. The van der Waals surface area contributed by atoms with Crippen LogP contribution in [-0.2, 0) is 4.74 Å². The van der Waals surface area contributed by atoms with Crippen LogP contribution in [-0.4, -0.2) is 31.3 Å². The number of nitrogens with zero attached hydrogens (tertiary/aromatic N) is 4. The molecule has 1 atom stereocenters. The lowest BCUT2D eigenvalue weighted by Gasteiger charge is -2.24. The first-order valence-electron chi connectivity index (χ1n) is 9.82. The van der Waals surface area contributed by atoms with Crippen LogP contribution < -0.4 is 5.73 Å². The molecule has 3 aromatic heterocycles. The largest absolute Gasteiger partial charge is 0.399 e. The first-order valence-corrected chi connectivity index (χ1v) is 9.82. The van der Waals surface area contributed by atoms with Crippen molar-refractivity contribution < 1.29 is 4.74 Å². The molecule has 5 rings (SSSR count). The van der Waals surface area contributed by atoms with Crippen molar-refractivity contribution in [3.8, 4) is 34.2 Å². The maximum absolute atomic E-state index is 5.91. The molecule has 29 heavy (non-hydrogen) atoms. The highest BCUT2D eigenvalue weighted by Crippen LogP contribution is 2.29. The Morgan fingerprint density at radius 1 is 1.03 bits per heavy atom. The van der Waals surface area contributed by atoms with Gasteiger partial charge in [-0.3, -0.25) is 0 Å². The molecule has 1 unspecified atom stereocenters. The zero-order chi connectivity index (χ0) is 19.6. The molecule has 0 spiro atoms. The van der Waals surface area contributed by atoms with Crippen molar-refractivity contribution in [2.24, 2.45) is 0 Å². The van der Waals surface area contributed by atoms with E-state index in [2.05, 4.69) is 15.1 Å². The molecule has 4 heterocycles. The van der Waals surface area contributed by atoms with Crippen LogP contribution in [0.4, 0.5) is 5.69 Å². The summed E-state index contributed by atoms with van der Waals surface area (Å²) >= 11 is 0. The fraction of sp³-hybridized carbons (Fsp3) is 0.227. The van der Waals surface area contributed by atoms with Crippen molar-refractivity contribution in [2.45, 2.75) is 25.5 Å². The van der Waals surface area contributed by atoms with Gasteiger partial charge in [0.25, 0.3) is 0 Å². The third kappa shape index (κ3) is 3.52. The number of anilines is 1. The number of hydrogen-bond donors (Lipinski definition) is 2. The number of imidazole rings is 1. The van der Waals surface area contributed by atoms with E-state index in [9.17, 15) is 0 Å². The number of rotatable bonds is 4. The number of hydrogen-bond acceptors (Lipinski definition) is 5. The van der Waals surface area contributed by atoms with E-state index >= 15 is 0 Å². The van der Waals surface area contributed by atoms with Gasteiger partial charge in [0, 0.05) is 18.5 Å². The number of nitrogen functional groups attached to an aromatic ring is 1. The molecule has 1 aliphatic rings. The number of nitrogens with one attached hydrogen (secondary N) is 1. The molecular weight excluding hydrogens is 364 g/mol. The summed E-state index contributed by atoms with van der Waals surface area (Å²) in [5.41, 5.74) is 11.0. The quantitative estimate of drug-likeness (QED) is 0.510. The number of aromatic nitrogens is 5. The Morgan fingerprint density at radius 2 is 1.90 bits per heavy atom. The topological polar surface area (TPSA) is 94.6 Å². The standard InChI is InChI=1S/C22H22N6O/c23-16-9-7-15(8-10-16)19-14-24-22(27-19)18-5-3-4-17(26-18)20-11-12-25-28(20)21-6-1-2-13-29-21/h3-5,7-12,14,21H,1-2,6,13,23H2,(H,24,27). The second kappa shape index (κ2) is 7.52.